The Morgan fingerprint density at radius 3 is 1.88 bits per heavy atom. The van der Waals surface area contributed by atoms with Crippen LogP contribution in [0.1, 0.15) is 17.3 Å². The molecule has 0 aliphatic rings. The first-order valence-corrected chi connectivity index (χ1v) is 6.25. The third kappa shape index (κ3) is 4.69. The van der Waals surface area contributed by atoms with E-state index in [4.69, 9.17) is 24.4 Å². The van der Waals surface area contributed by atoms with Gasteiger partial charge in [-0.3, -0.25) is 0 Å². The van der Waals surface area contributed by atoms with Crippen LogP contribution in [0.2, 0.25) is 0 Å². The lowest BCUT2D eigenvalue weighted by molar-refractivity contribution is 0.626. The monoisotopic (exact) mass is 288 g/mol. The van der Waals surface area contributed by atoms with Crippen molar-refractivity contribution in [3.8, 4) is 0 Å². The van der Waals surface area contributed by atoms with Gasteiger partial charge >= 0.3 is 0 Å². The van der Waals surface area contributed by atoms with Crippen LogP contribution in [-0.2, 0) is 0 Å². The Hall–Kier alpha value is -0.300. The first-order chi connectivity index (χ1) is 7.49. The number of nitrogens with one attached hydrogen (secondary N) is 2. The summed E-state index contributed by atoms with van der Waals surface area (Å²) in [6, 6.07) is 8.04. The minimum Gasteiger partial charge on any atom is -0.347 e. The summed E-state index contributed by atoms with van der Waals surface area (Å²) < 4.78 is 0.810. The second-order valence-corrected chi connectivity index (χ2v) is 5.56. The highest BCUT2D eigenvalue weighted by molar-refractivity contribution is 8.11. The number of hydrogen-bond acceptors (Lipinski definition) is 2. The summed E-state index contributed by atoms with van der Waals surface area (Å²) in [6.45, 7) is 2.03. The number of thiocarbonyl (C=S) groups is 2. The Kier molecular flexibility index (Phi) is 5.54. The maximum Gasteiger partial charge on any atom is 0.132 e. The fraction of sp³-hybridized carbons (Fsp3) is 0.200. The highest BCUT2D eigenvalue weighted by Gasteiger charge is 2.11. The summed E-state index contributed by atoms with van der Waals surface area (Å²) in [5.74, 6) is 0. The van der Waals surface area contributed by atoms with E-state index in [1.165, 1.54) is 5.56 Å². The zero-order valence-corrected chi connectivity index (χ0v) is 12.0. The van der Waals surface area contributed by atoms with Crippen LogP contribution >= 0.6 is 49.7 Å². The lowest BCUT2D eigenvalue weighted by Gasteiger charge is -2.20. The first-order valence-electron chi connectivity index (χ1n) is 4.54. The minimum absolute atomic E-state index is 0.199. The first kappa shape index (κ1) is 13.8. The molecular weight excluding hydrogens is 276 g/mol. The van der Waals surface area contributed by atoms with Gasteiger partial charge in [-0.15, -0.1) is 25.3 Å². The maximum atomic E-state index is 4.90. The maximum absolute atomic E-state index is 4.90. The van der Waals surface area contributed by atoms with Gasteiger partial charge < -0.3 is 10.6 Å². The molecule has 0 fully saturated rings. The molecule has 2 nitrogen and oxygen atoms in total. The van der Waals surface area contributed by atoms with E-state index in [2.05, 4.69) is 35.9 Å². The van der Waals surface area contributed by atoms with E-state index in [-0.39, 0.29) is 6.17 Å². The molecular formula is C10H12N2S4. The van der Waals surface area contributed by atoms with Gasteiger partial charge in [0, 0.05) is 0 Å². The number of aryl methyl sites for hydroxylation is 1. The van der Waals surface area contributed by atoms with Crippen LogP contribution < -0.4 is 10.6 Å². The van der Waals surface area contributed by atoms with Crippen LogP contribution in [0.3, 0.4) is 0 Å². The van der Waals surface area contributed by atoms with E-state index in [9.17, 15) is 0 Å². The topological polar surface area (TPSA) is 24.1 Å². The lowest BCUT2D eigenvalue weighted by atomic mass is 10.1. The van der Waals surface area contributed by atoms with Crippen molar-refractivity contribution in [1.82, 2.24) is 10.6 Å². The molecule has 0 aliphatic carbocycles. The predicted molar refractivity (Wildman–Crippen MR) is 83.4 cm³/mol. The number of thiol groups is 2. The zero-order chi connectivity index (χ0) is 12.1. The molecule has 2 N–H and O–H groups in total. The molecule has 6 heteroatoms. The van der Waals surface area contributed by atoms with Crippen LogP contribution in [0.15, 0.2) is 24.3 Å². The zero-order valence-electron chi connectivity index (χ0n) is 8.60. The Morgan fingerprint density at radius 2 is 1.50 bits per heavy atom. The largest absolute Gasteiger partial charge is 0.347 e. The van der Waals surface area contributed by atoms with Gasteiger partial charge in [0.15, 0.2) is 0 Å². The molecule has 0 heterocycles. The summed E-state index contributed by atoms with van der Waals surface area (Å²) >= 11 is 17.9. The molecule has 86 valence electrons. The molecule has 0 spiro atoms. The highest BCUT2D eigenvalue weighted by atomic mass is 32.1. The van der Waals surface area contributed by atoms with Gasteiger partial charge in [-0.05, 0) is 12.5 Å². The number of rotatable bonds is 3. The SMILES string of the molecule is Cc1ccc(C(NC(=S)S)NC(=S)S)cc1. The van der Waals surface area contributed by atoms with Crippen molar-refractivity contribution in [2.45, 2.75) is 13.1 Å². The second kappa shape index (κ2) is 6.44. The van der Waals surface area contributed by atoms with Gasteiger partial charge in [0.1, 0.15) is 14.8 Å². The van der Waals surface area contributed by atoms with Crippen molar-refractivity contribution >= 4 is 58.3 Å². The standard InChI is InChI=1S/C10H12N2S4/c1-6-2-4-7(5-3-6)8(11-9(13)14)12-10(15)16/h2-5,8H,1H3,(H2,11,13,14)(H2,12,15,16). The van der Waals surface area contributed by atoms with Crippen LogP contribution in [0.4, 0.5) is 0 Å². The number of benzene rings is 1. The molecule has 1 aromatic carbocycles. The van der Waals surface area contributed by atoms with E-state index in [0.29, 0.717) is 8.64 Å². The normalized spacial score (nSPS) is 10.0. The Morgan fingerprint density at radius 1 is 1.06 bits per heavy atom. The molecule has 16 heavy (non-hydrogen) atoms. The molecule has 0 saturated heterocycles. The van der Waals surface area contributed by atoms with E-state index < -0.39 is 0 Å². The Labute approximate surface area is 117 Å². The van der Waals surface area contributed by atoms with Crippen molar-refractivity contribution in [3.63, 3.8) is 0 Å². The predicted octanol–water partition coefficient (Wildman–Crippen LogP) is 2.60. The third-order valence-corrected chi connectivity index (χ3v) is 2.44. The van der Waals surface area contributed by atoms with Gasteiger partial charge in [-0.2, -0.15) is 0 Å². The van der Waals surface area contributed by atoms with Crippen molar-refractivity contribution < 1.29 is 0 Å². The molecule has 0 aliphatic heterocycles. The second-order valence-electron chi connectivity index (χ2n) is 3.24. The van der Waals surface area contributed by atoms with E-state index >= 15 is 0 Å². The third-order valence-electron chi connectivity index (χ3n) is 1.95. The van der Waals surface area contributed by atoms with Gasteiger partial charge in [0.05, 0.1) is 0 Å². The van der Waals surface area contributed by atoms with Crippen molar-refractivity contribution in [1.29, 1.82) is 0 Å². The summed E-state index contributed by atoms with van der Waals surface area (Å²) in [6.07, 6.45) is -0.199. The van der Waals surface area contributed by atoms with Gasteiger partial charge in [0.2, 0.25) is 0 Å². The lowest BCUT2D eigenvalue weighted by Crippen LogP contribution is -2.36. The molecule has 1 rings (SSSR count). The summed E-state index contributed by atoms with van der Waals surface area (Å²) in [7, 11) is 0. The van der Waals surface area contributed by atoms with Crippen LogP contribution in [0.5, 0.6) is 0 Å². The van der Waals surface area contributed by atoms with E-state index in [1.54, 1.807) is 0 Å². The molecule has 0 radical (unpaired) electrons. The molecule has 0 bridgehead atoms. The molecule has 0 unspecified atom stereocenters. The summed E-state index contributed by atoms with van der Waals surface area (Å²) in [5, 5.41) is 5.99. The average molecular weight is 288 g/mol. The average Bonchev–Trinajstić information content (AvgIpc) is 2.16. The Balaban J connectivity index is 2.86. The highest BCUT2D eigenvalue weighted by Crippen LogP contribution is 2.12. The quantitative estimate of drug-likeness (QED) is 0.390. The van der Waals surface area contributed by atoms with Crippen molar-refractivity contribution in [2.24, 2.45) is 0 Å². The van der Waals surface area contributed by atoms with Crippen LogP contribution in [-0.4, -0.2) is 8.64 Å². The summed E-state index contributed by atoms with van der Waals surface area (Å²) in [4.78, 5) is 0. The fourth-order valence-electron chi connectivity index (χ4n) is 1.21. The summed E-state index contributed by atoms with van der Waals surface area (Å²) in [5.41, 5.74) is 2.22. The van der Waals surface area contributed by atoms with Crippen LogP contribution in [0, 0.1) is 6.92 Å². The van der Waals surface area contributed by atoms with Crippen molar-refractivity contribution in [3.05, 3.63) is 35.4 Å². The van der Waals surface area contributed by atoms with Crippen LogP contribution in [0.25, 0.3) is 0 Å². The fourth-order valence-corrected chi connectivity index (χ4v) is 1.70. The van der Waals surface area contributed by atoms with Gasteiger partial charge in [0.25, 0.3) is 0 Å². The van der Waals surface area contributed by atoms with E-state index in [1.807, 2.05) is 31.2 Å². The molecule has 0 saturated carbocycles. The molecule has 0 aromatic heterocycles. The molecule has 1 aromatic rings. The molecule has 0 atom stereocenters. The minimum atomic E-state index is -0.199. The van der Waals surface area contributed by atoms with Gasteiger partial charge in [-0.25, -0.2) is 0 Å². The number of hydrogen-bond donors (Lipinski definition) is 4. The Bertz CT molecular complexity index is 372. The molecule has 0 amide bonds. The van der Waals surface area contributed by atoms with Crippen molar-refractivity contribution in [2.75, 3.05) is 0 Å². The van der Waals surface area contributed by atoms with Gasteiger partial charge in [-0.1, -0.05) is 54.3 Å². The smallest absolute Gasteiger partial charge is 0.132 e. The van der Waals surface area contributed by atoms with E-state index in [0.717, 1.165) is 5.56 Å².